The lowest BCUT2D eigenvalue weighted by atomic mass is 10.1. The summed E-state index contributed by atoms with van der Waals surface area (Å²) in [6, 6.07) is 15.0. The zero-order valence-corrected chi connectivity index (χ0v) is 14.3. The third-order valence-electron chi connectivity index (χ3n) is 3.04. The Labute approximate surface area is 142 Å². The number of carbonyl (C=O) groups excluding carboxylic acids is 1. The third kappa shape index (κ3) is 4.22. The van der Waals surface area contributed by atoms with Gasteiger partial charge in [0.1, 0.15) is 0 Å². The molecule has 0 bridgehead atoms. The number of benzene rings is 2. The lowest BCUT2D eigenvalue weighted by molar-refractivity contribution is 0.0755. The highest BCUT2D eigenvalue weighted by Crippen LogP contribution is 2.27. The van der Waals surface area contributed by atoms with Crippen LogP contribution in [0.25, 0.3) is 0 Å². The summed E-state index contributed by atoms with van der Waals surface area (Å²) >= 11 is 15.5. The minimum Gasteiger partial charge on any atom is -0.333 e. The number of rotatable bonds is 5. The van der Waals surface area contributed by atoms with Crippen molar-refractivity contribution in [1.82, 2.24) is 4.90 Å². The van der Waals surface area contributed by atoms with Gasteiger partial charge in [0.15, 0.2) is 0 Å². The van der Waals surface area contributed by atoms with E-state index >= 15 is 0 Å². The van der Waals surface area contributed by atoms with Crippen LogP contribution < -0.4 is 0 Å². The number of hydrogen-bond acceptors (Lipinski definition) is 1. The van der Waals surface area contributed by atoms with Gasteiger partial charge in [-0.25, -0.2) is 0 Å². The van der Waals surface area contributed by atoms with E-state index in [1.165, 1.54) is 0 Å². The first-order valence-corrected chi connectivity index (χ1v) is 8.34. The van der Waals surface area contributed by atoms with Crippen molar-refractivity contribution in [1.29, 1.82) is 0 Å². The zero-order valence-electron chi connectivity index (χ0n) is 11.2. The second kappa shape index (κ2) is 7.83. The zero-order chi connectivity index (χ0) is 15.2. The summed E-state index contributed by atoms with van der Waals surface area (Å²) in [4.78, 5) is 14.4. The second-order valence-corrected chi connectivity index (χ2v) is 6.08. The van der Waals surface area contributed by atoms with Crippen LogP contribution in [0, 0.1) is 0 Å². The number of amides is 1. The fourth-order valence-electron chi connectivity index (χ4n) is 2.00. The summed E-state index contributed by atoms with van der Waals surface area (Å²) in [5.41, 5.74) is 1.51. The van der Waals surface area contributed by atoms with Crippen LogP contribution in [0.5, 0.6) is 0 Å². The van der Waals surface area contributed by atoms with Crippen LogP contribution in [0.1, 0.15) is 15.9 Å². The van der Waals surface area contributed by atoms with Crippen LogP contribution in [0.2, 0.25) is 10.0 Å². The Balaban J connectivity index is 2.25. The molecule has 0 aromatic heterocycles. The molecule has 21 heavy (non-hydrogen) atoms. The second-order valence-electron chi connectivity index (χ2n) is 4.50. The fraction of sp³-hybridized carbons (Fsp3) is 0.188. The molecule has 0 radical (unpaired) electrons. The Morgan fingerprint density at radius 1 is 1.05 bits per heavy atom. The van der Waals surface area contributed by atoms with Crippen molar-refractivity contribution < 1.29 is 4.79 Å². The van der Waals surface area contributed by atoms with E-state index in [0.29, 0.717) is 34.0 Å². The summed E-state index contributed by atoms with van der Waals surface area (Å²) in [5.74, 6) is -0.120. The van der Waals surface area contributed by atoms with E-state index in [1.807, 2.05) is 30.3 Å². The molecule has 0 N–H and O–H groups in total. The average molecular weight is 387 g/mol. The minimum atomic E-state index is -0.120. The SMILES string of the molecule is O=C(c1cccc(Cl)c1Cl)N(CCBr)Cc1ccccc1. The molecule has 0 atom stereocenters. The molecule has 2 aromatic rings. The topological polar surface area (TPSA) is 20.3 Å². The van der Waals surface area contributed by atoms with Crippen LogP contribution in [0.4, 0.5) is 0 Å². The average Bonchev–Trinajstić information content (AvgIpc) is 2.50. The van der Waals surface area contributed by atoms with Crippen LogP contribution in [0.3, 0.4) is 0 Å². The van der Waals surface area contributed by atoms with Crippen molar-refractivity contribution in [2.45, 2.75) is 6.54 Å². The number of nitrogens with zero attached hydrogens (tertiary/aromatic N) is 1. The van der Waals surface area contributed by atoms with Gasteiger partial charge in [0.25, 0.3) is 5.91 Å². The maximum absolute atomic E-state index is 12.7. The van der Waals surface area contributed by atoms with Crippen molar-refractivity contribution >= 4 is 45.0 Å². The Morgan fingerprint density at radius 2 is 1.76 bits per heavy atom. The molecule has 0 aliphatic heterocycles. The summed E-state index contributed by atoms with van der Waals surface area (Å²) < 4.78 is 0. The lowest BCUT2D eigenvalue weighted by Crippen LogP contribution is -2.32. The predicted octanol–water partition coefficient (Wildman–Crippen LogP) is 5.03. The number of alkyl halides is 1. The smallest absolute Gasteiger partial charge is 0.255 e. The maximum atomic E-state index is 12.7. The molecule has 110 valence electrons. The number of hydrogen-bond donors (Lipinski definition) is 0. The molecule has 0 fully saturated rings. The Bertz CT molecular complexity index is 619. The van der Waals surface area contributed by atoms with E-state index in [4.69, 9.17) is 23.2 Å². The van der Waals surface area contributed by atoms with Crippen LogP contribution in [-0.4, -0.2) is 22.7 Å². The van der Waals surface area contributed by atoms with E-state index in [9.17, 15) is 4.79 Å². The first-order valence-electron chi connectivity index (χ1n) is 6.46. The maximum Gasteiger partial charge on any atom is 0.255 e. The highest BCUT2D eigenvalue weighted by Gasteiger charge is 2.19. The van der Waals surface area contributed by atoms with E-state index in [2.05, 4.69) is 15.9 Å². The monoisotopic (exact) mass is 385 g/mol. The molecule has 0 heterocycles. The Morgan fingerprint density at radius 3 is 2.43 bits per heavy atom. The largest absolute Gasteiger partial charge is 0.333 e. The van der Waals surface area contributed by atoms with Gasteiger partial charge in [-0.1, -0.05) is 75.5 Å². The van der Waals surface area contributed by atoms with Gasteiger partial charge < -0.3 is 4.90 Å². The standard InChI is InChI=1S/C16H14BrCl2NO/c17-9-10-20(11-12-5-2-1-3-6-12)16(21)13-7-4-8-14(18)15(13)19/h1-8H,9-11H2. The van der Waals surface area contributed by atoms with E-state index in [0.717, 1.165) is 5.56 Å². The number of halogens is 3. The van der Waals surface area contributed by atoms with Gasteiger partial charge in [-0.15, -0.1) is 0 Å². The molecule has 0 aliphatic rings. The summed E-state index contributed by atoms with van der Waals surface area (Å²) in [5, 5.41) is 1.39. The van der Waals surface area contributed by atoms with Gasteiger partial charge in [-0.3, -0.25) is 4.79 Å². The van der Waals surface area contributed by atoms with Gasteiger partial charge in [0.2, 0.25) is 0 Å². The molecule has 1 amide bonds. The molecule has 2 aromatic carbocycles. The molecule has 0 spiro atoms. The third-order valence-corrected chi connectivity index (χ3v) is 4.21. The fourth-order valence-corrected chi connectivity index (χ4v) is 2.81. The van der Waals surface area contributed by atoms with E-state index in [1.54, 1.807) is 23.1 Å². The molecular weight excluding hydrogens is 373 g/mol. The summed E-state index contributed by atoms with van der Waals surface area (Å²) in [6.45, 7) is 1.13. The minimum absolute atomic E-state index is 0.120. The van der Waals surface area contributed by atoms with Gasteiger partial charge >= 0.3 is 0 Å². The van der Waals surface area contributed by atoms with Crippen molar-refractivity contribution in [3.05, 3.63) is 69.7 Å². The Hall–Kier alpha value is -1.03. The Kier molecular flexibility index (Phi) is 6.09. The van der Waals surface area contributed by atoms with Gasteiger partial charge in [0, 0.05) is 18.4 Å². The molecule has 0 aliphatic carbocycles. The molecule has 0 saturated heterocycles. The van der Waals surface area contributed by atoms with Crippen molar-refractivity contribution in [3.63, 3.8) is 0 Å². The van der Waals surface area contributed by atoms with Crippen LogP contribution >= 0.6 is 39.1 Å². The summed E-state index contributed by atoms with van der Waals surface area (Å²) in [6.07, 6.45) is 0. The molecule has 5 heteroatoms. The van der Waals surface area contributed by atoms with Gasteiger partial charge in [0.05, 0.1) is 15.6 Å². The van der Waals surface area contributed by atoms with Crippen LogP contribution in [-0.2, 0) is 6.54 Å². The molecule has 2 rings (SSSR count). The molecule has 0 unspecified atom stereocenters. The molecule has 0 saturated carbocycles. The first kappa shape index (κ1) is 16.3. The van der Waals surface area contributed by atoms with Gasteiger partial charge in [-0.2, -0.15) is 0 Å². The van der Waals surface area contributed by atoms with Crippen molar-refractivity contribution in [3.8, 4) is 0 Å². The molecular formula is C16H14BrCl2NO. The highest BCUT2D eigenvalue weighted by molar-refractivity contribution is 9.09. The van der Waals surface area contributed by atoms with Crippen LogP contribution in [0.15, 0.2) is 48.5 Å². The van der Waals surface area contributed by atoms with Gasteiger partial charge in [-0.05, 0) is 17.7 Å². The highest BCUT2D eigenvalue weighted by atomic mass is 79.9. The molecule has 2 nitrogen and oxygen atoms in total. The summed E-state index contributed by atoms with van der Waals surface area (Å²) in [7, 11) is 0. The normalized spacial score (nSPS) is 10.4. The van der Waals surface area contributed by atoms with E-state index < -0.39 is 0 Å². The lowest BCUT2D eigenvalue weighted by Gasteiger charge is -2.22. The van der Waals surface area contributed by atoms with E-state index in [-0.39, 0.29) is 5.91 Å². The van der Waals surface area contributed by atoms with Crippen molar-refractivity contribution in [2.24, 2.45) is 0 Å². The first-order chi connectivity index (χ1) is 10.1. The van der Waals surface area contributed by atoms with Crippen molar-refractivity contribution in [2.75, 3.05) is 11.9 Å². The predicted molar refractivity (Wildman–Crippen MR) is 91.4 cm³/mol. The number of carbonyl (C=O) groups is 1. The quantitative estimate of drug-likeness (QED) is 0.660.